The monoisotopic (exact) mass is 478 g/mol. The molecule has 1 aliphatic rings. The summed E-state index contributed by atoms with van der Waals surface area (Å²) < 4.78 is 12.8. The first-order chi connectivity index (χ1) is 16.8. The number of amides is 1. The zero-order valence-electron chi connectivity index (χ0n) is 20.6. The summed E-state index contributed by atoms with van der Waals surface area (Å²) in [6, 6.07) is 9.92. The van der Waals surface area contributed by atoms with E-state index in [0.717, 1.165) is 6.54 Å². The molecule has 0 spiro atoms. The van der Waals surface area contributed by atoms with Gasteiger partial charge in [0.1, 0.15) is 11.3 Å². The quantitative estimate of drug-likeness (QED) is 0.302. The van der Waals surface area contributed by atoms with Crippen molar-refractivity contribution in [2.75, 3.05) is 41.4 Å². The van der Waals surface area contributed by atoms with E-state index < -0.39 is 17.7 Å². The first-order valence-electron chi connectivity index (χ1n) is 11.4. The van der Waals surface area contributed by atoms with E-state index in [9.17, 15) is 14.7 Å². The molecule has 0 unspecified atom stereocenters. The summed E-state index contributed by atoms with van der Waals surface area (Å²) in [6.45, 7) is 2.82. The summed E-state index contributed by atoms with van der Waals surface area (Å²) >= 11 is 0. The lowest BCUT2D eigenvalue weighted by Gasteiger charge is -2.27. The predicted octanol–water partition coefficient (Wildman–Crippen LogP) is 3.03. The van der Waals surface area contributed by atoms with E-state index >= 15 is 0 Å². The van der Waals surface area contributed by atoms with Crippen LogP contribution in [0.1, 0.15) is 29.4 Å². The number of Topliss-reactive ketones (excluding diaryl/α,β-unsaturated/α-hetero) is 1. The molecule has 0 aliphatic carbocycles. The van der Waals surface area contributed by atoms with Crippen molar-refractivity contribution in [3.8, 4) is 11.5 Å². The predicted molar refractivity (Wildman–Crippen MR) is 132 cm³/mol. The first kappa shape index (κ1) is 24.3. The average molecular weight is 479 g/mol. The minimum atomic E-state index is -0.851. The number of carbonyl (C=O) groups is 2. The standard InChI is InChI=1S/C26H30N4O5/c1-16-21(29-14-7-6-12-19(29)27-16)23(31)20-22(17-10-8-11-18(34-4)25(17)35-5)30(26(33)24(20)32)15-9-13-28(2)3/h6-8,10-12,14,22,31H,9,13,15H2,1-5H3/b23-20+/t22-/m1/s1. The molecule has 1 fully saturated rings. The zero-order valence-corrected chi connectivity index (χ0v) is 20.6. The molecular weight excluding hydrogens is 448 g/mol. The highest BCUT2D eigenvalue weighted by atomic mass is 16.5. The minimum absolute atomic E-state index is 0.000147. The number of aryl methyl sites for hydroxylation is 1. The molecule has 1 atom stereocenters. The number of aliphatic hydroxyl groups is 1. The molecule has 35 heavy (non-hydrogen) atoms. The van der Waals surface area contributed by atoms with Gasteiger partial charge in [-0.25, -0.2) is 4.98 Å². The van der Waals surface area contributed by atoms with E-state index in [-0.39, 0.29) is 11.3 Å². The van der Waals surface area contributed by atoms with Gasteiger partial charge in [0, 0.05) is 18.3 Å². The van der Waals surface area contributed by atoms with E-state index in [1.54, 1.807) is 35.7 Å². The van der Waals surface area contributed by atoms with Gasteiger partial charge in [0.25, 0.3) is 11.7 Å². The maximum Gasteiger partial charge on any atom is 0.295 e. The Kier molecular flexibility index (Phi) is 6.79. The van der Waals surface area contributed by atoms with Crippen molar-refractivity contribution in [2.24, 2.45) is 0 Å². The van der Waals surface area contributed by atoms with Gasteiger partial charge in [0.15, 0.2) is 17.3 Å². The zero-order chi connectivity index (χ0) is 25.3. The van der Waals surface area contributed by atoms with Gasteiger partial charge < -0.3 is 24.4 Å². The highest BCUT2D eigenvalue weighted by molar-refractivity contribution is 6.46. The van der Waals surface area contributed by atoms with Crippen molar-refractivity contribution in [3.63, 3.8) is 0 Å². The van der Waals surface area contributed by atoms with Gasteiger partial charge in [0.2, 0.25) is 0 Å². The summed E-state index contributed by atoms with van der Waals surface area (Å²) in [5.41, 5.74) is 2.11. The van der Waals surface area contributed by atoms with Gasteiger partial charge in [-0.3, -0.25) is 14.0 Å². The number of ether oxygens (including phenoxy) is 2. The van der Waals surface area contributed by atoms with Crippen LogP contribution in [0.3, 0.4) is 0 Å². The molecule has 0 bridgehead atoms. The molecule has 9 nitrogen and oxygen atoms in total. The van der Waals surface area contributed by atoms with E-state index in [4.69, 9.17) is 9.47 Å². The normalized spacial score (nSPS) is 17.5. The molecule has 9 heteroatoms. The fraction of sp³-hybridized carbons (Fsp3) is 0.346. The largest absolute Gasteiger partial charge is 0.505 e. The smallest absolute Gasteiger partial charge is 0.295 e. The van der Waals surface area contributed by atoms with Crippen molar-refractivity contribution in [3.05, 3.63) is 65.1 Å². The highest BCUT2D eigenvalue weighted by Crippen LogP contribution is 2.45. The van der Waals surface area contributed by atoms with Crippen molar-refractivity contribution in [2.45, 2.75) is 19.4 Å². The second-order valence-electron chi connectivity index (χ2n) is 8.71. The number of benzene rings is 1. The van der Waals surface area contributed by atoms with Crippen LogP contribution in [0.15, 0.2) is 48.2 Å². The van der Waals surface area contributed by atoms with Crippen LogP contribution >= 0.6 is 0 Å². The molecule has 1 aromatic carbocycles. The molecular formula is C26H30N4O5. The van der Waals surface area contributed by atoms with Crippen LogP contribution in [-0.4, -0.2) is 77.4 Å². The van der Waals surface area contributed by atoms with Crippen molar-refractivity contribution < 1.29 is 24.2 Å². The number of hydrogen-bond acceptors (Lipinski definition) is 7. The fourth-order valence-corrected chi connectivity index (χ4v) is 4.64. The third-order valence-electron chi connectivity index (χ3n) is 6.20. The van der Waals surface area contributed by atoms with E-state index in [0.29, 0.717) is 47.1 Å². The molecule has 3 aromatic rings. The number of ketones is 1. The van der Waals surface area contributed by atoms with Crippen LogP contribution in [0.5, 0.6) is 11.5 Å². The number of pyridine rings is 1. The lowest BCUT2D eigenvalue weighted by atomic mass is 9.95. The first-order valence-corrected chi connectivity index (χ1v) is 11.4. The van der Waals surface area contributed by atoms with Crippen molar-refractivity contribution >= 4 is 23.1 Å². The molecule has 1 saturated heterocycles. The lowest BCUT2D eigenvalue weighted by Crippen LogP contribution is -2.32. The summed E-state index contributed by atoms with van der Waals surface area (Å²) in [5.74, 6) is -0.807. The Hall–Kier alpha value is -3.85. The van der Waals surface area contributed by atoms with Crippen LogP contribution in [0.25, 0.3) is 11.4 Å². The number of aliphatic hydroxyl groups excluding tert-OH is 1. The van der Waals surface area contributed by atoms with Crippen LogP contribution in [0, 0.1) is 6.92 Å². The Labute approximate surface area is 204 Å². The Morgan fingerprint density at radius 1 is 1.11 bits per heavy atom. The number of imidazole rings is 1. The second kappa shape index (κ2) is 9.79. The maximum absolute atomic E-state index is 13.4. The number of nitrogens with zero attached hydrogens (tertiary/aromatic N) is 4. The summed E-state index contributed by atoms with van der Waals surface area (Å²) in [5, 5.41) is 11.6. The van der Waals surface area contributed by atoms with Gasteiger partial charge in [-0.1, -0.05) is 18.2 Å². The van der Waals surface area contributed by atoms with Gasteiger partial charge in [-0.05, 0) is 52.2 Å². The third-order valence-corrected chi connectivity index (χ3v) is 6.20. The molecule has 0 radical (unpaired) electrons. The van der Waals surface area contributed by atoms with Crippen LogP contribution < -0.4 is 9.47 Å². The molecule has 3 heterocycles. The highest BCUT2D eigenvalue weighted by Gasteiger charge is 2.47. The molecule has 1 N–H and O–H groups in total. The summed E-state index contributed by atoms with van der Waals surface area (Å²) in [6.07, 6.45) is 2.41. The Morgan fingerprint density at radius 2 is 1.89 bits per heavy atom. The van der Waals surface area contributed by atoms with Gasteiger partial charge in [0.05, 0.1) is 31.5 Å². The Balaban J connectivity index is 1.95. The lowest BCUT2D eigenvalue weighted by molar-refractivity contribution is -0.140. The molecule has 0 saturated carbocycles. The third kappa shape index (κ3) is 4.23. The molecule has 2 aromatic heterocycles. The number of fused-ring (bicyclic) bond motifs is 1. The molecule has 1 amide bonds. The Morgan fingerprint density at radius 3 is 2.57 bits per heavy atom. The van der Waals surface area contributed by atoms with Crippen LogP contribution in [0.2, 0.25) is 0 Å². The average Bonchev–Trinajstić information content (AvgIpc) is 3.31. The number of methoxy groups -OCH3 is 2. The fourth-order valence-electron chi connectivity index (χ4n) is 4.64. The van der Waals surface area contributed by atoms with E-state index in [1.807, 2.05) is 37.2 Å². The molecule has 4 rings (SSSR count). The van der Waals surface area contributed by atoms with Crippen molar-refractivity contribution in [1.29, 1.82) is 0 Å². The number of aromatic nitrogens is 2. The maximum atomic E-state index is 13.4. The number of para-hydroxylation sites is 1. The minimum Gasteiger partial charge on any atom is -0.505 e. The topological polar surface area (TPSA) is 96.6 Å². The SMILES string of the molecule is COc1cccc([C@@H]2/C(=C(\O)c3c(C)nc4ccccn34)C(=O)C(=O)N2CCCN(C)C)c1OC. The van der Waals surface area contributed by atoms with Gasteiger partial charge in [-0.15, -0.1) is 0 Å². The number of hydrogen-bond donors (Lipinski definition) is 1. The van der Waals surface area contributed by atoms with Crippen LogP contribution in [-0.2, 0) is 9.59 Å². The van der Waals surface area contributed by atoms with E-state index in [1.165, 1.54) is 19.1 Å². The van der Waals surface area contributed by atoms with Gasteiger partial charge >= 0.3 is 0 Å². The Bertz CT molecular complexity index is 1310. The summed E-state index contributed by atoms with van der Waals surface area (Å²) in [7, 11) is 6.93. The summed E-state index contributed by atoms with van der Waals surface area (Å²) in [4.78, 5) is 34.7. The molecule has 1 aliphatic heterocycles. The van der Waals surface area contributed by atoms with Crippen LogP contribution in [0.4, 0.5) is 0 Å². The number of carbonyl (C=O) groups excluding carboxylic acids is 2. The molecule has 184 valence electrons. The number of rotatable bonds is 8. The van der Waals surface area contributed by atoms with Gasteiger partial charge in [-0.2, -0.15) is 0 Å². The van der Waals surface area contributed by atoms with Crippen molar-refractivity contribution in [1.82, 2.24) is 19.2 Å². The van der Waals surface area contributed by atoms with E-state index in [2.05, 4.69) is 4.98 Å². The second-order valence-corrected chi connectivity index (χ2v) is 8.71. The number of likely N-dealkylation sites (tertiary alicyclic amines) is 1.